The molecule has 1 N–H and O–H groups in total. The van der Waals surface area contributed by atoms with Crippen molar-refractivity contribution in [3.8, 4) is 11.5 Å². The Morgan fingerprint density at radius 2 is 1.72 bits per heavy atom. The summed E-state index contributed by atoms with van der Waals surface area (Å²) in [5.74, 6) is 0.461. The molecule has 0 spiro atoms. The average Bonchev–Trinajstić information content (AvgIpc) is 2.68. The number of ether oxygens (including phenoxy) is 1. The predicted molar refractivity (Wildman–Crippen MR) is 106 cm³/mol. The number of nitrogens with zero attached hydrogens (tertiary/aromatic N) is 1. The molecular weight excluding hydrogens is 429 g/mol. The highest BCUT2D eigenvalue weighted by Crippen LogP contribution is 2.37. The molecular formula is C19H12ClF3N2O3S. The van der Waals surface area contributed by atoms with Gasteiger partial charge in [0, 0.05) is 11.8 Å². The standard InChI is InChI=1S/C19H12ClF3N2O3S/c20-15-11-12(19(21,22)23)5-10-17(15)28-14-8-6-13(7-9-14)24-29-18-4-2-1-3-16(18)25(26)27/h1-11,24H. The third-order valence-electron chi connectivity index (χ3n) is 3.68. The van der Waals surface area contributed by atoms with Gasteiger partial charge in [-0.25, -0.2) is 0 Å². The van der Waals surface area contributed by atoms with Gasteiger partial charge < -0.3 is 9.46 Å². The fourth-order valence-electron chi connectivity index (χ4n) is 2.29. The number of para-hydroxylation sites is 1. The van der Waals surface area contributed by atoms with Crippen molar-refractivity contribution >= 4 is 34.9 Å². The molecule has 0 aromatic heterocycles. The number of nitrogens with one attached hydrogen (secondary N) is 1. The number of benzene rings is 3. The number of hydrogen-bond acceptors (Lipinski definition) is 5. The molecule has 0 bridgehead atoms. The van der Waals surface area contributed by atoms with Crippen LogP contribution in [-0.4, -0.2) is 4.92 Å². The molecule has 10 heteroatoms. The summed E-state index contributed by atoms with van der Waals surface area (Å²) in [6, 6.07) is 15.7. The van der Waals surface area contributed by atoms with Crippen LogP contribution in [0.5, 0.6) is 11.5 Å². The lowest BCUT2D eigenvalue weighted by atomic mass is 10.2. The van der Waals surface area contributed by atoms with E-state index in [1.807, 2.05) is 0 Å². The van der Waals surface area contributed by atoms with Crippen molar-refractivity contribution in [1.82, 2.24) is 0 Å². The van der Waals surface area contributed by atoms with Crippen LogP contribution in [-0.2, 0) is 6.18 Å². The second kappa shape index (κ2) is 8.62. The molecule has 0 aliphatic rings. The van der Waals surface area contributed by atoms with Gasteiger partial charge in [-0.1, -0.05) is 23.7 Å². The van der Waals surface area contributed by atoms with E-state index in [4.69, 9.17) is 16.3 Å². The molecule has 0 amide bonds. The van der Waals surface area contributed by atoms with Gasteiger partial charge in [0.15, 0.2) is 0 Å². The second-order valence-electron chi connectivity index (χ2n) is 5.70. The van der Waals surface area contributed by atoms with Crippen LogP contribution in [0.3, 0.4) is 0 Å². The normalized spacial score (nSPS) is 11.2. The Balaban J connectivity index is 1.66. The first-order valence-corrected chi connectivity index (χ1v) is 9.24. The molecule has 0 atom stereocenters. The summed E-state index contributed by atoms with van der Waals surface area (Å²) in [6.45, 7) is 0. The number of hydrogen-bond donors (Lipinski definition) is 1. The smallest absolute Gasteiger partial charge is 0.416 e. The van der Waals surface area contributed by atoms with Gasteiger partial charge in [-0.05, 0) is 60.5 Å². The zero-order valence-electron chi connectivity index (χ0n) is 14.4. The van der Waals surface area contributed by atoms with E-state index in [0.29, 0.717) is 16.3 Å². The molecule has 150 valence electrons. The molecule has 3 aromatic rings. The molecule has 5 nitrogen and oxygen atoms in total. The van der Waals surface area contributed by atoms with E-state index in [1.165, 1.54) is 6.07 Å². The Kier molecular flexibility index (Phi) is 6.19. The fourth-order valence-corrected chi connectivity index (χ4v) is 3.26. The minimum absolute atomic E-state index is 0.0121. The van der Waals surface area contributed by atoms with Crippen LogP contribution in [0.1, 0.15) is 5.56 Å². The Labute approximate surface area is 172 Å². The van der Waals surface area contributed by atoms with Crippen molar-refractivity contribution in [3.63, 3.8) is 0 Å². The molecule has 0 aliphatic heterocycles. The molecule has 29 heavy (non-hydrogen) atoms. The monoisotopic (exact) mass is 440 g/mol. The Hall–Kier alpha value is -2.91. The van der Waals surface area contributed by atoms with Crippen molar-refractivity contribution in [2.75, 3.05) is 4.72 Å². The molecule has 0 aliphatic carbocycles. The minimum atomic E-state index is -4.49. The summed E-state index contributed by atoms with van der Waals surface area (Å²) in [4.78, 5) is 11.0. The van der Waals surface area contributed by atoms with Crippen molar-refractivity contribution in [1.29, 1.82) is 0 Å². The van der Waals surface area contributed by atoms with Crippen molar-refractivity contribution in [3.05, 3.63) is 87.4 Å². The quantitative estimate of drug-likeness (QED) is 0.250. The highest BCUT2D eigenvalue weighted by Gasteiger charge is 2.31. The summed E-state index contributed by atoms with van der Waals surface area (Å²) < 4.78 is 46.6. The average molecular weight is 441 g/mol. The highest BCUT2D eigenvalue weighted by molar-refractivity contribution is 8.00. The van der Waals surface area contributed by atoms with Gasteiger partial charge in [0.05, 0.1) is 15.5 Å². The van der Waals surface area contributed by atoms with E-state index in [0.717, 1.165) is 30.1 Å². The molecule has 0 heterocycles. The summed E-state index contributed by atoms with van der Waals surface area (Å²) >= 11 is 6.96. The van der Waals surface area contributed by atoms with Gasteiger partial charge in [-0.2, -0.15) is 13.2 Å². The second-order valence-corrected chi connectivity index (χ2v) is 6.95. The van der Waals surface area contributed by atoms with Crippen LogP contribution in [0.4, 0.5) is 24.5 Å². The third-order valence-corrected chi connectivity index (χ3v) is 4.88. The summed E-state index contributed by atoms with van der Waals surface area (Å²) in [5, 5.41) is 10.9. The lowest BCUT2D eigenvalue weighted by molar-refractivity contribution is -0.387. The molecule has 3 aromatic carbocycles. The third kappa shape index (κ3) is 5.33. The molecule has 0 unspecified atom stereocenters. The lowest BCUT2D eigenvalue weighted by Crippen LogP contribution is -2.04. The van der Waals surface area contributed by atoms with Crippen molar-refractivity contribution in [2.24, 2.45) is 0 Å². The zero-order valence-corrected chi connectivity index (χ0v) is 16.0. The highest BCUT2D eigenvalue weighted by atomic mass is 35.5. The maximum Gasteiger partial charge on any atom is 0.416 e. The van der Waals surface area contributed by atoms with Gasteiger partial charge in [0.25, 0.3) is 5.69 Å². The Morgan fingerprint density at radius 1 is 1.03 bits per heavy atom. The first-order chi connectivity index (χ1) is 13.7. The summed E-state index contributed by atoms with van der Waals surface area (Å²) in [6.07, 6.45) is -4.49. The summed E-state index contributed by atoms with van der Waals surface area (Å²) in [5.41, 5.74) is -0.220. The number of nitro groups is 1. The van der Waals surface area contributed by atoms with Crippen LogP contribution in [0.2, 0.25) is 5.02 Å². The molecule has 0 fully saturated rings. The number of anilines is 1. The van der Waals surface area contributed by atoms with E-state index in [1.54, 1.807) is 42.5 Å². The fraction of sp³-hybridized carbons (Fsp3) is 0.0526. The van der Waals surface area contributed by atoms with E-state index in [9.17, 15) is 23.3 Å². The van der Waals surface area contributed by atoms with Gasteiger partial charge >= 0.3 is 6.18 Å². The van der Waals surface area contributed by atoms with Crippen LogP contribution in [0, 0.1) is 10.1 Å². The minimum Gasteiger partial charge on any atom is -0.456 e. The topological polar surface area (TPSA) is 64.4 Å². The van der Waals surface area contributed by atoms with Crippen LogP contribution in [0.15, 0.2) is 71.6 Å². The number of nitro benzene ring substituents is 1. The number of halogens is 4. The Bertz CT molecular complexity index is 1030. The SMILES string of the molecule is O=[N+]([O-])c1ccccc1SNc1ccc(Oc2ccc(C(F)(F)F)cc2Cl)cc1. The first-order valence-electron chi connectivity index (χ1n) is 8.05. The van der Waals surface area contributed by atoms with Gasteiger partial charge in [0.1, 0.15) is 16.4 Å². The Morgan fingerprint density at radius 3 is 2.34 bits per heavy atom. The maximum atomic E-state index is 12.7. The first kappa shape index (κ1) is 20.8. The van der Waals surface area contributed by atoms with Gasteiger partial charge in [-0.15, -0.1) is 0 Å². The lowest BCUT2D eigenvalue weighted by Gasteiger charge is -2.12. The van der Waals surface area contributed by atoms with Crippen LogP contribution in [0.25, 0.3) is 0 Å². The molecule has 0 radical (unpaired) electrons. The molecule has 0 saturated heterocycles. The van der Waals surface area contributed by atoms with Crippen LogP contribution < -0.4 is 9.46 Å². The zero-order chi connectivity index (χ0) is 21.0. The summed E-state index contributed by atoms with van der Waals surface area (Å²) in [7, 11) is 0. The van der Waals surface area contributed by atoms with Crippen LogP contribution >= 0.6 is 23.5 Å². The molecule has 0 saturated carbocycles. The van der Waals surface area contributed by atoms with E-state index in [-0.39, 0.29) is 16.5 Å². The number of rotatable bonds is 6. The number of alkyl halides is 3. The van der Waals surface area contributed by atoms with E-state index in [2.05, 4.69) is 4.72 Å². The van der Waals surface area contributed by atoms with Gasteiger partial charge in [0.2, 0.25) is 0 Å². The van der Waals surface area contributed by atoms with Crippen molar-refractivity contribution < 1.29 is 22.8 Å². The predicted octanol–water partition coefficient (Wildman–Crippen LogP) is 7.18. The van der Waals surface area contributed by atoms with Crippen molar-refractivity contribution in [2.45, 2.75) is 11.1 Å². The largest absolute Gasteiger partial charge is 0.456 e. The van der Waals surface area contributed by atoms with E-state index < -0.39 is 16.7 Å². The maximum absolute atomic E-state index is 12.7. The van der Waals surface area contributed by atoms with Gasteiger partial charge in [-0.3, -0.25) is 10.1 Å². The van der Waals surface area contributed by atoms with E-state index >= 15 is 0 Å². The molecule has 3 rings (SSSR count).